The van der Waals surface area contributed by atoms with Gasteiger partial charge in [-0.1, -0.05) is 24.3 Å². The van der Waals surface area contributed by atoms with Gasteiger partial charge in [0.2, 0.25) is 0 Å². The van der Waals surface area contributed by atoms with Crippen molar-refractivity contribution in [3.8, 4) is 0 Å². The van der Waals surface area contributed by atoms with Crippen LogP contribution in [0.25, 0.3) is 0 Å². The molecule has 0 aliphatic carbocycles. The van der Waals surface area contributed by atoms with Crippen LogP contribution in [-0.4, -0.2) is 92.9 Å². The Morgan fingerprint density at radius 3 is 0.925 bits per heavy atom. The lowest BCUT2D eigenvalue weighted by molar-refractivity contribution is 0.179. The van der Waals surface area contributed by atoms with E-state index in [1.54, 1.807) is 0 Å². The summed E-state index contributed by atoms with van der Waals surface area (Å²) in [4.78, 5) is 27.8. The quantitative estimate of drug-likeness (QED) is 0.201. The summed E-state index contributed by atoms with van der Waals surface area (Å²) >= 11 is 0. The number of hydrogen-bond donors (Lipinski definition) is 0. The van der Waals surface area contributed by atoms with Gasteiger partial charge in [0.25, 0.3) is 0 Å². The zero-order valence-corrected chi connectivity index (χ0v) is 23.9. The number of aromatic nitrogens is 4. The van der Waals surface area contributed by atoms with Crippen LogP contribution in [0, 0.1) is 0 Å². The molecule has 0 radical (unpaired) electrons. The third-order valence-corrected chi connectivity index (χ3v) is 6.91. The van der Waals surface area contributed by atoms with Crippen LogP contribution in [-0.2, 0) is 26.2 Å². The van der Waals surface area contributed by atoms with Gasteiger partial charge in [-0.15, -0.1) is 0 Å². The fourth-order valence-electron chi connectivity index (χ4n) is 4.50. The summed E-state index contributed by atoms with van der Waals surface area (Å²) in [5.41, 5.74) is 4.34. The first kappa shape index (κ1) is 29.4. The van der Waals surface area contributed by atoms with Gasteiger partial charge in [0, 0.05) is 90.2 Å². The lowest BCUT2D eigenvalue weighted by atomic mass is 10.2. The van der Waals surface area contributed by atoms with E-state index in [-0.39, 0.29) is 0 Å². The number of likely N-dealkylation sites (N-methyl/N-ethyl adjacent to an activating group) is 2. The molecule has 8 heteroatoms. The monoisotopic (exact) mass is 538 g/mol. The van der Waals surface area contributed by atoms with Gasteiger partial charge in [-0.25, -0.2) is 0 Å². The standard InChI is InChI=1S/C32H42N8/c1-37(21-23-39(25-29-11-3-7-15-33-29)26-30-12-4-8-16-34-30)19-20-38(2)22-24-40(27-31-13-5-9-17-35-31)28-32-14-6-10-18-36-32/h3-18H,19-28H2,1-2H3. The first-order valence-electron chi connectivity index (χ1n) is 14.1. The third kappa shape index (κ3) is 10.9. The number of pyridine rings is 4. The van der Waals surface area contributed by atoms with Crippen molar-refractivity contribution in [1.82, 2.24) is 39.5 Å². The predicted octanol–water partition coefficient (Wildman–Crippen LogP) is 3.83. The van der Waals surface area contributed by atoms with Crippen molar-refractivity contribution in [3.05, 3.63) is 120 Å². The smallest absolute Gasteiger partial charge is 0.0544 e. The van der Waals surface area contributed by atoms with Crippen LogP contribution < -0.4 is 0 Å². The minimum Gasteiger partial charge on any atom is -0.304 e. The normalized spacial score (nSPS) is 11.7. The van der Waals surface area contributed by atoms with Crippen molar-refractivity contribution < 1.29 is 0 Å². The van der Waals surface area contributed by atoms with Crippen LogP contribution in [0.1, 0.15) is 22.8 Å². The molecule has 0 fully saturated rings. The molecular weight excluding hydrogens is 496 g/mol. The summed E-state index contributed by atoms with van der Waals surface area (Å²) in [5, 5.41) is 0. The molecule has 0 aliphatic heterocycles. The number of hydrogen-bond acceptors (Lipinski definition) is 8. The van der Waals surface area contributed by atoms with Gasteiger partial charge in [0.1, 0.15) is 0 Å². The number of nitrogens with zero attached hydrogens (tertiary/aromatic N) is 8. The van der Waals surface area contributed by atoms with Crippen LogP contribution in [0.2, 0.25) is 0 Å². The van der Waals surface area contributed by atoms with Gasteiger partial charge >= 0.3 is 0 Å². The zero-order valence-electron chi connectivity index (χ0n) is 23.9. The van der Waals surface area contributed by atoms with E-state index in [0.29, 0.717) is 0 Å². The molecule has 0 saturated heterocycles. The Bertz CT molecular complexity index is 1010. The van der Waals surface area contributed by atoms with E-state index in [1.807, 2.05) is 49.1 Å². The van der Waals surface area contributed by atoms with E-state index < -0.39 is 0 Å². The van der Waals surface area contributed by atoms with E-state index in [4.69, 9.17) is 0 Å². The average Bonchev–Trinajstić information content (AvgIpc) is 2.99. The second kappa shape index (κ2) is 16.5. The summed E-state index contributed by atoms with van der Waals surface area (Å²) in [6.45, 7) is 9.15. The minimum atomic E-state index is 0.813. The predicted molar refractivity (Wildman–Crippen MR) is 160 cm³/mol. The average molecular weight is 539 g/mol. The largest absolute Gasteiger partial charge is 0.304 e. The van der Waals surface area contributed by atoms with Crippen LogP contribution >= 0.6 is 0 Å². The Morgan fingerprint density at radius 1 is 0.400 bits per heavy atom. The summed E-state index contributed by atoms with van der Waals surface area (Å²) in [6, 6.07) is 24.4. The highest BCUT2D eigenvalue weighted by Gasteiger charge is 2.13. The summed E-state index contributed by atoms with van der Waals surface area (Å²) in [6.07, 6.45) is 7.46. The Balaban J connectivity index is 1.23. The molecule has 4 aromatic rings. The Morgan fingerprint density at radius 2 is 0.675 bits per heavy atom. The van der Waals surface area contributed by atoms with Crippen molar-refractivity contribution in [2.45, 2.75) is 26.2 Å². The summed E-state index contributed by atoms with van der Waals surface area (Å²) in [7, 11) is 4.42. The van der Waals surface area contributed by atoms with Crippen molar-refractivity contribution in [1.29, 1.82) is 0 Å². The summed E-state index contributed by atoms with van der Waals surface area (Å²) < 4.78 is 0. The second-order valence-electron chi connectivity index (χ2n) is 10.3. The molecule has 0 N–H and O–H groups in total. The highest BCUT2D eigenvalue weighted by atomic mass is 15.2. The van der Waals surface area contributed by atoms with Crippen LogP contribution in [0.3, 0.4) is 0 Å². The summed E-state index contributed by atoms with van der Waals surface area (Å²) in [5.74, 6) is 0. The molecule has 0 atom stereocenters. The maximum atomic E-state index is 4.54. The fraction of sp³-hybridized carbons (Fsp3) is 0.375. The molecule has 4 rings (SSSR count). The van der Waals surface area contributed by atoms with E-state index >= 15 is 0 Å². The Labute approximate surface area is 239 Å². The van der Waals surface area contributed by atoms with Gasteiger partial charge in [-0.05, 0) is 62.6 Å². The molecular formula is C32H42N8. The Hall–Kier alpha value is -3.56. The maximum absolute atomic E-state index is 4.54. The molecule has 210 valence electrons. The molecule has 0 bridgehead atoms. The fourth-order valence-corrected chi connectivity index (χ4v) is 4.50. The van der Waals surface area contributed by atoms with Crippen molar-refractivity contribution in [2.75, 3.05) is 53.4 Å². The van der Waals surface area contributed by atoms with Gasteiger partial charge in [0.15, 0.2) is 0 Å². The molecule has 40 heavy (non-hydrogen) atoms. The van der Waals surface area contributed by atoms with E-state index in [0.717, 1.165) is 88.2 Å². The molecule has 0 unspecified atom stereocenters. The molecule has 0 saturated carbocycles. The Kier molecular flexibility index (Phi) is 12.2. The SMILES string of the molecule is CN(CCN(C)CCN(Cc1ccccn1)Cc1ccccn1)CCN(Cc1ccccn1)Cc1ccccn1. The van der Waals surface area contributed by atoms with E-state index in [1.165, 1.54) is 0 Å². The van der Waals surface area contributed by atoms with E-state index in [9.17, 15) is 0 Å². The molecule has 0 spiro atoms. The first-order chi connectivity index (χ1) is 19.6. The highest BCUT2D eigenvalue weighted by Crippen LogP contribution is 2.08. The van der Waals surface area contributed by atoms with Gasteiger partial charge < -0.3 is 9.80 Å². The zero-order chi connectivity index (χ0) is 27.8. The molecule has 8 nitrogen and oxygen atoms in total. The number of rotatable bonds is 17. The topological polar surface area (TPSA) is 64.5 Å². The van der Waals surface area contributed by atoms with Gasteiger partial charge in [-0.2, -0.15) is 0 Å². The van der Waals surface area contributed by atoms with Gasteiger partial charge in [0.05, 0.1) is 22.8 Å². The van der Waals surface area contributed by atoms with Gasteiger partial charge in [-0.3, -0.25) is 29.7 Å². The molecule has 4 heterocycles. The van der Waals surface area contributed by atoms with Crippen molar-refractivity contribution >= 4 is 0 Å². The first-order valence-corrected chi connectivity index (χ1v) is 14.1. The van der Waals surface area contributed by atoms with Crippen LogP contribution in [0.5, 0.6) is 0 Å². The molecule has 0 aromatic carbocycles. The lowest BCUT2D eigenvalue weighted by Gasteiger charge is -2.28. The highest BCUT2D eigenvalue weighted by molar-refractivity contribution is 5.07. The lowest BCUT2D eigenvalue weighted by Crippen LogP contribution is -2.39. The molecule has 0 amide bonds. The molecule has 4 aromatic heterocycles. The van der Waals surface area contributed by atoms with Crippen LogP contribution in [0.15, 0.2) is 97.6 Å². The maximum Gasteiger partial charge on any atom is 0.0544 e. The van der Waals surface area contributed by atoms with Crippen molar-refractivity contribution in [2.24, 2.45) is 0 Å². The molecule has 0 aliphatic rings. The minimum absolute atomic E-state index is 0.813. The van der Waals surface area contributed by atoms with Crippen molar-refractivity contribution in [3.63, 3.8) is 0 Å². The van der Waals surface area contributed by atoms with Crippen LogP contribution in [0.4, 0.5) is 0 Å². The third-order valence-electron chi connectivity index (χ3n) is 6.91. The second-order valence-corrected chi connectivity index (χ2v) is 10.3. The van der Waals surface area contributed by atoms with E-state index in [2.05, 4.69) is 102 Å².